The Bertz CT molecular complexity index is 8380. The van der Waals surface area contributed by atoms with Crippen LogP contribution in [0.15, 0.2) is 425 Å². The fourth-order valence-electron chi connectivity index (χ4n) is 21.5. The van der Waals surface area contributed by atoms with Gasteiger partial charge in [0.15, 0.2) is 0 Å². The molecule has 4 aliphatic rings. The number of hydrogen-bond donors (Lipinski definition) is 0. The number of fused-ring (bicyclic) bond motifs is 20. The van der Waals surface area contributed by atoms with E-state index >= 15 is 0 Å². The highest BCUT2D eigenvalue weighted by molar-refractivity contribution is 7.27. The minimum Gasteiger partial charge on any atom is -0.311 e. The van der Waals surface area contributed by atoms with E-state index in [1.54, 1.807) is 0 Å². The van der Waals surface area contributed by atoms with Crippen LogP contribution in [-0.4, -0.2) is 13.4 Å². The van der Waals surface area contributed by atoms with Crippen LogP contribution in [0.5, 0.6) is 0 Å². The van der Waals surface area contributed by atoms with E-state index in [0.29, 0.717) is 0 Å². The van der Waals surface area contributed by atoms with Gasteiger partial charge in [-0.3, -0.25) is 0 Å². The van der Waals surface area contributed by atoms with Crippen LogP contribution < -0.4 is 62.2 Å². The fraction of sp³-hybridized carbons (Fsp3) is 0. The molecule has 0 radical (unpaired) electrons. The van der Waals surface area contributed by atoms with Crippen molar-refractivity contribution in [2.75, 3.05) is 29.4 Å². The lowest BCUT2D eigenvalue weighted by Crippen LogP contribution is -2.65. The molecule has 0 fully saturated rings. The maximum atomic E-state index is 2.73. The molecule has 0 spiro atoms. The van der Waals surface area contributed by atoms with Crippen molar-refractivity contribution in [2.24, 2.45) is 0 Å². The van der Waals surface area contributed by atoms with Crippen molar-refractivity contribution < 1.29 is 0 Å². The van der Waals surface area contributed by atoms with Crippen molar-refractivity contribution in [1.29, 1.82) is 0 Å². The lowest BCUT2D eigenvalue weighted by molar-refractivity contribution is 1.22. The van der Waals surface area contributed by atoms with E-state index in [1.807, 2.05) is 45.3 Å². The molecule has 586 valence electrons. The van der Waals surface area contributed by atoms with Gasteiger partial charge in [-0.2, -0.15) is 0 Å². The summed E-state index contributed by atoms with van der Waals surface area (Å²) in [5.41, 5.74) is 31.6. The molecule has 6 nitrogen and oxygen atoms in total. The fourth-order valence-corrected chi connectivity index (χ4v) is 26.0. The second-order valence-corrected chi connectivity index (χ2v) is 37.5. The zero-order valence-corrected chi connectivity index (χ0v) is 71.2. The number of nitrogens with zero attached hydrogens (tertiary/aromatic N) is 6. The Balaban J connectivity index is 0.800. The molecule has 0 aliphatic carbocycles. The third-order valence-corrected chi connectivity index (χ3v) is 31.1. The minimum atomic E-state index is -0.298. The summed E-state index contributed by atoms with van der Waals surface area (Å²) >= 11 is 7.49. The second kappa shape index (κ2) is 28.3. The van der Waals surface area contributed by atoms with Crippen LogP contribution in [0.2, 0.25) is 0 Å². The molecule has 0 unspecified atom stereocenters. The van der Waals surface area contributed by atoms with Crippen molar-refractivity contribution in [3.63, 3.8) is 0 Å². The van der Waals surface area contributed by atoms with Crippen LogP contribution in [0.4, 0.5) is 102 Å². The largest absolute Gasteiger partial charge is 0.311 e. The Kier molecular flexibility index (Phi) is 16.1. The predicted molar refractivity (Wildman–Crippen MR) is 546 cm³/mol. The summed E-state index contributed by atoms with van der Waals surface area (Å²) in [6.45, 7) is -0.594. The zero-order valence-electron chi connectivity index (χ0n) is 67.9. The number of rotatable bonds is 12. The summed E-state index contributed by atoms with van der Waals surface area (Å²) in [6, 6.07) is 161. The van der Waals surface area contributed by atoms with Crippen molar-refractivity contribution in [3.8, 4) is 22.3 Å². The monoisotopic (exact) mass is 1670 g/mol. The Labute approximate surface area is 744 Å². The first-order chi connectivity index (χ1) is 62.6. The Morgan fingerprint density at radius 2 is 0.516 bits per heavy atom. The predicted octanol–water partition coefficient (Wildman–Crippen LogP) is 29.6. The number of benzene rings is 19. The highest BCUT2D eigenvalue weighted by atomic mass is 32.1. The van der Waals surface area contributed by atoms with E-state index in [1.165, 1.54) is 113 Å². The van der Waals surface area contributed by atoms with Gasteiger partial charge >= 0.3 is 0 Å². The van der Waals surface area contributed by atoms with Crippen molar-refractivity contribution >= 4 is 275 Å². The van der Waals surface area contributed by atoms with Crippen molar-refractivity contribution in [3.05, 3.63) is 425 Å². The van der Waals surface area contributed by atoms with E-state index in [-0.39, 0.29) is 13.4 Å². The molecule has 0 amide bonds. The second-order valence-electron chi connectivity index (χ2n) is 33.2. The maximum Gasteiger partial charge on any atom is 0.252 e. The third kappa shape index (κ3) is 10.7. The van der Waals surface area contributed by atoms with Crippen LogP contribution in [0.3, 0.4) is 0 Å². The average molecular weight is 1670 g/mol. The number of thiophene rings is 4. The van der Waals surface area contributed by atoms with Gasteiger partial charge in [0.25, 0.3) is 13.4 Å². The Hall–Kier alpha value is -15.0. The minimum absolute atomic E-state index is 0.296. The van der Waals surface area contributed by atoms with Gasteiger partial charge in [-0.05, 0) is 196 Å². The number of para-hydroxylation sites is 6. The first kappa shape index (κ1) is 71.6. The summed E-state index contributed by atoms with van der Waals surface area (Å²) < 4.78 is 9.99. The van der Waals surface area contributed by atoms with E-state index < -0.39 is 0 Å². The summed E-state index contributed by atoms with van der Waals surface area (Å²) in [5, 5.41) is 9.88. The molecular formula is C114H70B2N6S4. The lowest BCUT2D eigenvalue weighted by atomic mass is 9.30. The summed E-state index contributed by atoms with van der Waals surface area (Å²) in [7, 11) is 0. The van der Waals surface area contributed by atoms with E-state index in [2.05, 4.69) is 454 Å². The number of hydrogen-bond acceptors (Lipinski definition) is 10. The van der Waals surface area contributed by atoms with Gasteiger partial charge in [-0.15, -0.1) is 45.3 Å². The third-order valence-electron chi connectivity index (χ3n) is 26.5. The van der Waals surface area contributed by atoms with Crippen LogP contribution >= 0.6 is 45.3 Å². The maximum absolute atomic E-state index is 2.73. The SMILES string of the molecule is c1ccc(-c2cccc(-c3ccccc3)c2N(c2ccccc2)c2cc3c4c(c2)N(c2cccc5sc6ccccc6c25)c2ccccc2B4c2cc4c(cc2N3c2ccccc2)N(c2cccc3sc5ccccc5c23)c2cc(N(c3ccccc3)c3cccc5sc6ccccc6c35)cc3c2B4c2ccccc2N3c2cccc3sc4ccccc4c23)cc1. The summed E-state index contributed by atoms with van der Waals surface area (Å²) in [6.07, 6.45) is 0. The molecule has 19 aromatic carbocycles. The first-order valence-electron chi connectivity index (χ1n) is 43.1. The van der Waals surface area contributed by atoms with Crippen molar-refractivity contribution in [1.82, 2.24) is 0 Å². The molecular weight excluding hydrogens is 1600 g/mol. The van der Waals surface area contributed by atoms with E-state index in [0.717, 1.165) is 125 Å². The molecule has 126 heavy (non-hydrogen) atoms. The van der Waals surface area contributed by atoms with Crippen LogP contribution in [-0.2, 0) is 0 Å². The van der Waals surface area contributed by atoms with E-state index in [9.17, 15) is 0 Å². The van der Waals surface area contributed by atoms with Gasteiger partial charge in [0.05, 0.1) is 39.8 Å². The smallest absolute Gasteiger partial charge is 0.252 e. The zero-order chi connectivity index (χ0) is 82.3. The molecule has 0 bridgehead atoms. The molecule has 0 saturated carbocycles. The van der Waals surface area contributed by atoms with Gasteiger partial charge in [0, 0.05) is 154 Å². The molecule has 0 saturated heterocycles. The highest BCUT2D eigenvalue weighted by Crippen LogP contribution is 2.58. The highest BCUT2D eigenvalue weighted by Gasteiger charge is 2.50. The van der Waals surface area contributed by atoms with Crippen LogP contribution in [0, 0.1) is 0 Å². The molecule has 4 aromatic heterocycles. The molecule has 23 aromatic rings. The molecule has 0 atom stereocenters. The van der Waals surface area contributed by atoms with Gasteiger partial charge in [0.1, 0.15) is 0 Å². The Morgan fingerprint density at radius 3 is 0.968 bits per heavy atom. The molecule has 0 N–H and O–H groups in total. The normalized spacial score (nSPS) is 13.0. The number of anilines is 18. The van der Waals surface area contributed by atoms with Crippen LogP contribution in [0.1, 0.15) is 0 Å². The molecule has 8 heterocycles. The summed E-state index contributed by atoms with van der Waals surface area (Å²) in [4.78, 5) is 15.9. The first-order valence-corrected chi connectivity index (χ1v) is 46.4. The van der Waals surface area contributed by atoms with E-state index in [4.69, 9.17) is 0 Å². The lowest BCUT2D eigenvalue weighted by Gasteiger charge is -2.48. The van der Waals surface area contributed by atoms with Crippen LogP contribution in [0.25, 0.3) is 103 Å². The molecule has 27 rings (SSSR count). The Morgan fingerprint density at radius 1 is 0.198 bits per heavy atom. The molecule has 4 aliphatic heterocycles. The van der Waals surface area contributed by atoms with Gasteiger partial charge in [-0.25, -0.2) is 0 Å². The summed E-state index contributed by atoms with van der Waals surface area (Å²) in [5.74, 6) is 0. The average Bonchev–Trinajstić information content (AvgIpc) is 0.849. The van der Waals surface area contributed by atoms with Crippen molar-refractivity contribution in [2.45, 2.75) is 0 Å². The van der Waals surface area contributed by atoms with Gasteiger partial charge in [0.2, 0.25) is 0 Å². The quantitative estimate of drug-likeness (QED) is 0.113. The van der Waals surface area contributed by atoms with Gasteiger partial charge in [-0.1, -0.05) is 273 Å². The van der Waals surface area contributed by atoms with Gasteiger partial charge < -0.3 is 29.4 Å². The topological polar surface area (TPSA) is 19.4 Å². The molecule has 12 heteroatoms. The standard InChI is InChI=1S/C114H70B2N6S4/c1-6-33-71(34-7-1)78-47-28-48-79(72-35-8-2-9-36-72)114(78)118(74-39-12-4-13-40-74)77-67-96-112-98(68-77)121(92-55-31-63-106-110(92)82-45-18-26-59-102(82)125-106)88-51-22-20-49-84(88)115(112)86-69-87-95(70-94(86)119(96)75-41-14-5-15-42-75)122(93-56-32-64-107-111(93)83-46-19-27-60-103(83)126-107)99-66-76(117(73-37-10-3-11-38-73)90-53-29-61-104-108(90)80-43-16-24-57-100(80)123-104)65-97-113(99)116(87)85-50-21-23-52-89(85)120(97)91-54-30-62-105-109(91)81-44-17-25-58-101(81)124-105/h1-70H.